The van der Waals surface area contributed by atoms with Crippen molar-refractivity contribution in [3.8, 4) is 0 Å². The van der Waals surface area contributed by atoms with Crippen LogP contribution in [0.25, 0.3) is 0 Å². The lowest BCUT2D eigenvalue weighted by atomic mass is 10.2. The van der Waals surface area contributed by atoms with E-state index in [0.29, 0.717) is 31.9 Å². The molecule has 0 atom stereocenters. The molecule has 0 unspecified atom stereocenters. The maximum Gasteiger partial charge on any atom is 0.342 e. The molecule has 134 valence electrons. The summed E-state index contributed by atoms with van der Waals surface area (Å²) >= 11 is 0. The van der Waals surface area contributed by atoms with Crippen LogP contribution in [0.2, 0.25) is 0 Å². The lowest BCUT2D eigenvalue weighted by Gasteiger charge is -2.30. The number of morpholine rings is 1. The van der Waals surface area contributed by atoms with Gasteiger partial charge in [-0.05, 0) is 6.07 Å². The number of aromatic amines is 2. The number of anilines is 1. The molecule has 1 aliphatic heterocycles. The first-order valence-corrected chi connectivity index (χ1v) is 8.11. The van der Waals surface area contributed by atoms with Crippen molar-refractivity contribution in [3.05, 3.63) is 56.5 Å². The second-order valence-corrected chi connectivity index (χ2v) is 5.80. The van der Waals surface area contributed by atoms with Gasteiger partial charge in [0.2, 0.25) is 5.82 Å². The summed E-state index contributed by atoms with van der Waals surface area (Å²) in [5.74, 6) is -0.282. The van der Waals surface area contributed by atoms with Gasteiger partial charge in [0.15, 0.2) is 0 Å². The Morgan fingerprint density at radius 2 is 2.00 bits per heavy atom. The molecule has 0 radical (unpaired) electrons. The first-order valence-electron chi connectivity index (χ1n) is 8.11. The third-order valence-corrected chi connectivity index (χ3v) is 4.10. The number of nitrogens with zero attached hydrogens (tertiary/aromatic N) is 3. The molecule has 2 aromatic rings. The molecule has 0 spiro atoms. The molecule has 1 aromatic carbocycles. The Hall–Kier alpha value is -2.52. The molecule has 1 fully saturated rings. The van der Waals surface area contributed by atoms with Crippen molar-refractivity contribution in [2.75, 3.05) is 44.3 Å². The van der Waals surface area contributed by atoms with Crippen LogP contribution in [-0.2, 0) is 11.3 Å². The van der Waals surface area contributed by atoms with Crippen LogP contribution in [0.4, 0.5) is 10.2 Å². The minimum absolute atomic E-state index is 0.0658. The van der Waals surface area contributed by atoms with Gasteiger partial charge in [0.1, 0.15) is 5.82 Å². The number of rotatable bonds is 6. The maximum absolute atomic E-state index is 14.0. The van der Waals surface area contributed by atoms with Gasteiger partial charge in [-0.15, -0.1) is 5.10 Å². The lowest BCUT2D eigenvalue weighted by molar-refractivity contribution is 0.0391. The Kier molecular flexibility index (Phi) is 5.56. The Morgan fingerprint density at radius 3 is 2.72 bits per heavy atom. The Morgan fingerprint density at radius 1 is 1.24 bits per heavy atom. The van der Waals surface area contributed by atoms with Crippen LogP contribution in [0.1, 0.15) is 5.56 Å². The zero-order chi connectivity index (χ0) is 17.6. The van der Waals surface area contributed by atoms with Gasteiger partial charge in [-0.25, -0.2) is 14.3 Å². The van der Waals surface area contributed by atoms with Gasteiger partial charge in [0, 0.05) is 38.3 Å². The third kappa shape index (κ3) is 4.52. The monoisotopic (exact) mass is 349 g/mol. The van der Waals surface area contributed by atoms with E-state index in [2.05, 4.69) is 20.1 Å². The van der Waals surface area contributed by atoms with Crippen molar-refractivity contribution >= 4 is 5.82 Å². The first kappa shape index (κ1) is 17.3. The van der Waals surface area contributed by atoms with Gasteiger partial charge in [-0.1, -0.05) is 18.2 Å². The van der Waals surface area contributed by atoms with E-state index in [-0.39, 0.29) is 18.2 Å². The number of hydrogen-bond acceptors (Lipinski definition) is 6. The van der Waals surface area contributed by atoms with Crippen molar-refractivity contribution in [1.82, 2.24) is 20.1 Å². The van der Waals surface area contributed by atoms with Crippen molar-refractivity contribution in [2.45, 2.75) is 6.54 Å². The van der Waals surface area contributed by atoms with Crippen molar-refractivity contribution < 1.29 is 9.13 Å². The number of aromatic nitrogens is 3. The number of H-pyrrole nitrogens is 2. The van der Waals surface area contributed by atoms with E-state index >= 15 is 0 Å². The molecule has 1 aliphatic rings. The minimum Gasteiger partial charge on any atom is -0.379 e. The smallest absolute Gasteiger partial charge is 0.342 e. The van der Waals surface area contributed by atoms with E-state index < -0.39 is 11.2 Å². The van der Waals surface area contributed by atoms with Crippen molar-refractivity contribution in [3.63, 3.8) is 0 Å². The van der Waals surface area contributed by atoms with Crippen LogP contribution >= 0.6 is 0 Å². The highest BCUT2D eigenvalue weighted by Crippen LogP contribution is 2.13. The average Bonchev–Trinajstić information content (AvgIpc) is 2.61. The summed E-state index contributed by atoms with van der Waals surface area (Å²) in [4.78, 5) is 29.3. The fraction of sp³-hybridized carbons (Fsp3) is 0.438. The molecule has 0 saturated carbocycles. The SMILES string of the molecule is O=c1[nH]nc(N(CCN2CCOCC2)Cc2ccccc2F)c(=O)[nH]1. The molecule has 3 rings (SSSR count). The number of nitrogens with one attached hydrogen (secondary N) is 2. The molecule has 25 heavy (non-hydrogen) atoms. The standard InChI is InChI=1S/C16H20FN5O3/c17-13-4-2-1-3-12(13)11-22(6-5-21-7-9-25-10-8-21)14-15(23)18-16(24)20-19-14/h1-4H,5-11H2,(H2,18,20,23,24). The van der Waals surface area contributed by atoms with Crippen LogP contribution in [0.15, 0.2) is 33.9 Å². The van der Waals surface area contributed by atoms with E-state index in [9.17, 15) is 14.0 Å². The summed E-state index contributed by atoms with van der Waals surface area (Å²) in [6.07, 6.45) is 0. The fourth-order valence-corrected chi connectivity index (χ4v) is 2.73. The number of halogens is 1. The van der Waals surface area contributed by atoms with Crippen molar-refractivity contribution in [1.29, 1.82) is 0 Å². The molecule has 1 saturated heterocycles. The number of hydrogen-bond donors (Lipinski definition) is 2. The normalized spacial score (nSPS) is 15.2. The largest absolute Gasteiger partial charge is 0.379 e. The Balaban J connectivity index is 1.81. The molecule has 1 aromatic heterocycles. The quantitative estimate of drug-likeness (QED) is 0.759. The predicted octanol–water partition coefficient (Wildman–Crippen LogP) is -0.0639. The molecule has 2 heterocycles. The summed E-state index contributed by atoms with van der Waals surface area (Å²) in [5.41, 5.74) is -0.813. The average molecular weight is 349 g/mol. The summed E-state index contributed by atoms with van der Waals surface area (Å²) in [6, 6.07) is 6.39. The zero-order valence-corrected chi connectivity index (χ0v) is 13.7. The Bertz CT molecular complexity index is 816. The maximum atomic E-state index is 14.0. The van der Waals surface area contributed by atoms with E-state index in [1.54, 1.807) is 23.1 Å². The molecule has 0 bridgehead atoms. The first-order chi connectivity index (χ1) is 12.1. The molecule has 8 nitrogen and oxygen atoms in total. The van der Waals surface area contributed by atoms with Gasteiger partial charge >= 0.3 is 5.69 Å². The van der Waals surface area contributed by atoms with E-state index in [1.807, 2.05) is 0 Å². The molecular formula is C16H20FN5O3. The van der Waals surface area contributed by atoms with Gasteiger partial charge in [0.05, 0.1) is 13.2 Å². The summed E-state index contributed by atoms with van der Waals surface area (Å²) in [5, 5.41) is 6.08. The number of ether oxygens (including phenoxy) is 1. The van der Waals surface area contributed by atoms with Crippen molar-refractivity contribution in [2.24, 2.45) is 0 Å². The molecule has 0 amide bonds. The lowest BCUT2D eigenvalue weighted by Crippen LogP contribution is -2.43. The highest BCUT2D eigenvalue weighted by Gasteiger charge is 2.18. The summed E-state index contributed by atoms with van der Waals surface area (Å²) in [7, 11) is 0. The second-order valence-electron chi connectivity index (χ2n) is 5.80. The van der Waals surface area contributed by atoms with Crippen LogP contribution in [0.5, 0.6) is 0 Å². The van der Waals surface area contributed by atoms with E-state index in [0.717, 1.165) is 13.1 Å². The van der Waals surface area contributed by atoms with Gasteiger partial charge in [0.25, 0.3) is 5.56 Å². The van der Waals surface area contributed by atoms with Gasteiger partial charge in [-0.3, -0.25) is 14.7 Å². The summed E-state index contributed by atoms with van der Waals surface area (Å²) < 4.78 is 19.3. The zero-order valence-electron chi connectivity index (χ0n) is 13.7. The van der Waals surface area contributed by atoms with Gasteiger partial charge in [-0.2, -0.15) is 0 Å². The second kappa shape index (κ2) is 8.04. The molecule has 2 N–H and O–H groups in total. The van der Waals surface area contributed by atoms with Crippen LogP contribution in [0.3, 0.4) is 0 Å². The minimum atomic E-state index is -0.673. The van der Waals surface area contributed by atoms with Crippen LogP contribution in [-0.4, -0.2) is 59.5 Å². The number of benzene rings is 1. The molecule has 0 aliphatic carbocycles. The topological polar surface area (TPSA) is 94.3 Å². The molecule has 9 heteroatoms. The highest BCUT2D eigenvalue weighted by molar-refractivity contribution is 5.36. The summed E-state index contributed by atoms with van der Waals surface area (Å²) in [6.45, 7) is 4.29. The fourth-order valence-electron chi connectivity index (χ4n) is 2.73. The van der Waals surface area contributed by atoms with Crippen LogP contribution in [0, 0.1) is 5.82 Å². The van der Waals surface area contributed by atoms with E-state index in [4.69, 9.17) is 4.74 Å². The van der Waals surface area contributed by atoms with E-state index in [1.165, 1.54) is 6.07 Å². The predicted molar refractivity (Wildman–Crippen MR) is 90.2 cm³/mol. The third-order valence-electron chi connectivity index (χ3n) is 4.10. The van der Waals surface area contributed by atoms with Crippen LogP contribution < -0.4 is 16.1 Å². The molecular weight excluding hydrogens is 329 g/mol. The Labute approximate surface area is 143 Å². The highest BCUT2D eigenvalue weighted by atomic mass is 19.1. The van der Waals surface area contributed by atoms with Gasteiger partial charge < -0.3 is 9.64 Å².